The molecule has 2 saturated carbocycles. The summed E-state index contributed by atoms with van der Waals surface area (Å²) in [4.78, 5) is 6.28. The summed E-state index contributed by atoms with van der Waals surface area (Å²) < 4.78 is 66.0. The van der Waals surface area contributed by atoms with Crippen LogP contribution in [-0.4, -0.2) is 30.0 Å². The fourth-order valence-electron chi connectivity index (χ4n) is 13.8. The molecule has 14 atom stereocenters. The van der Waals surface area contributed by atoms with E-state index in [0.717, 1.165) is 64.3 Å². The fraction of sp³-hybridized carbons (Fsp3) is 0.381. The van der Waals surface area contributed by atoms with Crippen LogP contribution >= 0.6 is 0 Å². The van der Waals surface area contributed by atoms with Crippen LogP contribution in [0.3, 0.4) is 0 Å². The van der Waals surface area contributed by atoms with E-state index in [4.69, 9.17) is 9.73 Å². The molecule has 8 aliphatic rings. The zero-order valence-electron chi connectivity index (χ0n) is 40.8. The second-order valence-corrected chi connectivity index (χ2v) is 21.5. The van der Waals surface area contributed by atoms with Gasteiger partial charge in [0, 0.05) is 53.3 Å². The maximum absolute atomic E-state index is 15.0. The van der Waals surface area contributed by atoms with Crippen molar-refractivity contribution in [3.05, 3.63) is 225 Å². The van der Waals surface area contributed by atoms with Gasteiger partial charge in [-0.1, -0.05) is 129 Å². The predicted molar refractivity (Wildman–Crippen MR) is 274 cm³/mol. The highest BCUT2D eigenvalue weighted by Gasteiger charge is 2.63. The number of rotatable bonds is 12. The van der Waals surface area contributed by atoms with Crippen LogP contribution in [0.1, 0.15) is 88.8 Å². The van der Waals surface area contributed by atoms with E-state index >= 15 is 0 Å². The Bertz CT molecular complexity index is 2810. The van der Waals surface area contributed by atoms with Crippen LogP contribution in [0.5, 0.6) is 0 Å². The van der Waals surface area contributed by atoms with Gasteiger partial charge in [0.05, 0.1) is 12.1 Å². The summed E-state index contributed by atoms with van der Waals surface area (Å²) in [5.41, 5.74) is 10.0. The molecule has 3 nitrogen and oxygen atoms in total. The number of aliphatic imine (C=N–C) groups is 1. The SMILES string of the molecule is CCC1C=CC(OC2=C3C=CC=C4C(NC5C(C)=CC(C)CC5C)C(=NC5C(C(C6=CCC(F)C=C6)c6ccc(F)cc6)C=C(C)C6C(C(c7ccc(F)cc7)c7ccc(F)cc7)C56)C(C=C2)C43)=CC1. The van der Waals surface area contributed by atoms with Crippen molar-refractivity contribution in [3.8, 4) is 0 Å². The molecule has 360 valence electrons. The molecule has 2 fully saturated rings. The number of halogens is 4. The molecular weight excluding hydrogens is 877 g/mol. The van der Waals surface area contributed by atoms with Gasteiger partial charge >= 0.3 is 0 Å². The lowest BCUT2D eigenvalue weighted by Crippen LogP contribution is -2.48. The molecule has 0 bridgehead atoms. The molecule has 3 aromatic rings. The van der Waals surface area contributed by atoms with E-state index in [-0.39, 0.29) is 89.3 Å². The van der Waals surface area contributed by atoms with Crippen molar-refractivity contribution in [2.45, 2.75) is 96.4 Å². The van der Waals surface area contributed by atoms with Gasteiger partial charge < -0.3 is 4.74 Å². The van der Waals surface area contributed by atoms with Crippen LogP contribution in [-0.2, 0) is 4.74 Å². The monoisotopic (exact) mass is 940 g/mol. The number of nitrogens with one attached hydrogen (secondary N) is 1. The summed E-state index contributed by atoms with van der Waals surface area (Å²) in [6.07, 6.45) is 30.5. The Kier molecular flexibility index (Phi) is 12.7. The van der Waals surface area contributed by atoms with Crippen LogP contribution in [0.2, 0.25) is 0 Å². The van der Waals surface area contributed by atoms with Crippen LogP contribution < -0.4 is 5.32 Å². The minimum absolute atomic E-state index is 0.00887. The first-order valence-corrected chi connectivity index (χ1v) is 25.8. The number of fused-ring (bicyclic) bond motifs is 1. The van der Waals surface area contributed by atoms with Crippen LogP contribution in [0.25, 0.3) is 0 Å². The maximum atomic E-state index is 15.0. The van der Waals surface area contributed by atoms with Gasteiger partial charge in [0.25, 0.3) is 0 Å². The van der Waals surface area contributed by atoms with Crippen molar-refractivity contribution in [1.29, 1.82) is 0 Å². The van der Waals surface area contributed by atoms with Gasteiger partial charge in [0.2, 0.25) is 0 Å². The molecule has 0 aliphatic heterocycles. The second kappa shape index (κ2) is 19.1. The summed E-state index contributed by atoms with van der Waals surface area (Å²) in [6, 6.07) is 20.1. The molecule has 0 aromatic heterocycles. The third kappa shape index (κ3) is 8.75. The van der Waals surface area contributed by atoms with Gasteiger partial charge in [0.1, 0.15) is 35.1 Å². The summed E-state index contributed by atoms with van der Waals surface area (Å²) in [6.45, 7) is 11.4. The minimum atomic E-state index is -1.08. The first-order valence-electron chi connectivity index (χ1n) is 25.8. The molecule has 3 aromatic carbocycles. The van der Waals surface area contributed by atoms with Crippen molar-refractivity contribution < 1.29 is 22.3 Å². The van der Waals surface area contributed by atoms with Gasteiger partial charge in [-0.05, 0) is 151 Å². The maximum Gasteiger partial charge on any atom is 0.130 e. The number of nitrogens with zero attached hydrogens (tertiary/aromatic N) is 1. The first-order chi connectivity index (χ1) is 33.9. The van der Waals surface area contributed by atoms with Crippen LogP contribution in [0.15, 0.2) is 196 Å². The highest BCUT2D eigenvalue weighted by molar-refractivity contribution is 6.01. The standard InChI is InChI=1S/C63H64F4N2O/c1-6-39-10-28-48(29-11-39)70-53-31-30-51-57-49(53)8-7-9-50(57)62(68-60-37(4)32-35(2)33-38(60)5)63(51)69-61-52(55(40-12-20-44(64)21-13-40)41-14-22-45(65)23-15-41)34-36(3)54-58(59(54)61)56(42-16-24-46(66)25-17-42)43-18-26-47(67)27-19-43/h7-10,12-22,24-32,34-35,38-39,45,51-52,54-62,68H,6,11,23,33H2,1-5H3. The normalized spacial score (nSPS) is 33.8. The second-order valence-electron chi connectivity index (χ2n) is 21.5. The molecule has 0 heterocycles. The number of hydrogen-bond donors (Lipinski definition) is 1. The quantitative estimate of drug-likeness (QED) is 0.145. The summed E-state index contributed by atoms with van der Waals surface area (Å²) in [5.74, 6) is 1.78. The number of allylic oxidation sites excluding steroid dienone is 15. The molecule has 1 N–H and O–H groups in total. The molecule has 11 rings (SSSR count). The zero-order valence-corrected chi connectivity index (χ0v) is 40.8. The highest BCUT2D eigenvalue weighted by atomic mass is 19.1. The Labute approximate surface area is 411 Å². The Balaban J connectivity index is 1.08. The van der Waals surface area contributed by atoms with Crippen molar-refractivity contribution in [2.75, 3.05) is 0 Å². The minimum Gasteiger partial charge on any atom is -0.457 e. The van der Waals surface area contributed by atoms with Gasteiger partial charge in [-0.2, -0.15) is 0 Å². The number of benzene rings is 3. The first kappa shape index (κ1) is 46.6. The molecule has 0 saturated heterocycles. The molecule has 0 spiro atoms. The van der Waals surface area contributed by atoms with Gasteiger partial charge in [0.15, 0.2) is 0 Å². The fourth-order valence-corrected chi connectivity index (χ4v) is 13.8. The molecule has 8 aliphatic carbocycles. The Morgan fingerprint density at radius 1 is 0.743 bits per heavy atom. The zero-order chi connectivity index (χ0) is 48.4. The van der Waals surface area contributed by atoms with E-state index in [0.29, 0.717) is 17.8 Å². The Morgan fingerprint density at radius 3 is 2.01 bits per heavy atom. The van der Waals surface area contributed by atoms with E-state index < -0.39 is 6.17 Å². The van der Waals surface area contributed by atoms with E-state index in [1.54, 1.807) is 6.08 Å². The van der Waals surface area contributed by atoms with Crippen molar-refractivity contribution >= 4 is 5.71 Å². The van der Waals surface area contributed by atoms with Crippen molar-refractivity contribution in [3.63, 3.8) is 0 Å². The van der Waals surface area contributed by atoms with Gasteiger partial charge in [-0.25, -0.2) is 17.6 Å². The average Bonchev–Trinajstić information content (AvgIpc) is 4.02. The Hall–Kier alpha value is -5.79. The lowest BCUT2D eigenvalue weighted by molar-refractivity contribution is 0.317. The lowest BCUT2D eigenvalue weighted by atomic mass is 9.71. The molecule has 14 unspecified atom stereocenters. The average molecular weight is 941 g/mol. The summed E-state index contributed by atoms with van der Waals surface area (Å²) >= 11 is 0. The smallest absolute Gasteiger partial charge is 0.130 e. The third-order valence-electron chi connectivity index (χ3n) is 17.0. The molecule has 7 heteroatoms. The highest BCUT2D eigenvalue weighted by Crippen LogP contribution is 2.66. The molecule has 70 heavy (non-hydrogen) atoms. The Morgan fingerprint density at radius 2 is 1.41 bits per heavy atom. The van der Waals surface area contributed by atoms with Gasteiger partial charge in [-0.15, -0.1) is 0 Å². The van der Waals surface area contributed by atoms with Crippen LogP contribution in [0, 0.1) is 70.7 Å². The molecular formula is C63H64F4N2O. The summed E-state index contributed by atoms with van der Waals surface area (Å²) in [7, 11) is 0. The predicted octanol–water partition coefficient (Wildman–Crippen LogP) is 14.9. The summed E-state index contributed by atoms with van der Waals surface area (Å²) in [5, 5.41) is 4.27. The third-order valence-corrected chi connectivity index (χ3v) is 17.0. The molecule has 0 radical (unpaired) electrons. The van der Waals surface area contributed by atoms with Crippen LogP contribution in [0.4, 0.5) is 17.6 Å². The molecule has 0 amide bonds. The largest absolute Gasteiger partial charge is 0.457 e. The number of ether oxygens (including phenoxy) is 1. The van der Waals surface area contributed by atoms with E-state index in [9.17, 15) is 17.6 Å². The van der Waals surface area contributed by atoms with Crippen molar-refractivity contribution in [2.24, 2.45) is 58.3 Å². The topological polar surface area (TPSA) is 33.6 Å². The lowest BCUT2D eigenvalue weighted by Gasteiger charge is -2.37. The van der Waals surface area contributed by atoms with E-state index in [1.807, 2.05) is 48.6 Å². The van der Waals surface area contributed by atoms with E-state index in [2.05, 4.69) is 101 Å². The van der Waals surface area contributed by atoms with E-state index in [1.165, 1.54) is 53.1 Å². The number of hydrogen-bond acceptors (Lipinski definition) is 3. The number of alkyl halides is 1. The van der Waals surface area contributed by atoms with Crippen molar-refractivity contribution in [1.82, 2.24) is 5.32 Å². The van der Waals surface area contributed by atoms with Gasteiger partial charge in [-0.3, -0.25) is 10.3 Å².